The molecular formula is C10H13NO3S. The average molecular weight is 227 g/mol. The smallest absolute Gasteiger partial charge is 0.216 e. The van der Waals surface area contributed by atoms with Crippen molar-refractivity contribution in [2.24, 2.45) is 5.14 Å². The molecule has 0 fully saturated rings. The number of carbonyl (C=O) groups is 1. The fourth-order valence-electron chi connectivity index (χ4n) is 1.21. The van der Waals surface area contributed by atoms with Gasteiger partial charge in [-0.3, -0.25) is 4.79 Å². The largest absolute Gasteiger partial charge is 0.298 e. The van der Waals surface area contributed by atoms with Gasteiger partial charge in [-0.15, -0.1) is 0 Å². The Morgan fingerprint density at radius 1 is 1.27 bits per heavy atom. The second-order valence-corrected chi connectivity index (χ2v) is 5.12. The number of carbonyl (C=O) groups excluding carboxylic acids is 1. The predicted molar refractivity (Wildman–Crippen MR) is 57.9 cm³/mol. The highest BCUT2D eigenvalue weighted by molar-refractivity contribution is 7.89. The zero-order valence-corrected chi connectivity index (χ0v) is 9.25. The monoisotopic (exact) mass is 227 g/mol. The van der Waals surface area contributed by atoms with Gasteiger partial charge in [0.05, 0.1) is 0 Å². The van der Waals surface area contributed by atoms with Crippen LogP contribution < -0.4 is 5.14 Å². The summed E-state index contributed by atoms with van der Waals surface area (Å²) in [5.74, 6) is -0.984. The fraction of sp³-hybridized carbons (Fsp3) is 0.300. The van der Waals surface area contributed by atoms with Crippen molar-refractivity contribution in [1.82, 2.24) is 0 Å². The first-order valence-corrected chi connectivity index (χ1v) is 6.16. The van der Waals surface area contributed by atoms with Gasteiger partial charge in [0.15, 0.2) is 5.78 Å². The molecule has 0 saturated carbocycles. The van der Waals surface area contributed by atoms with E-state index < -0.39 is 15.8 Å². The highest BCUT2D eigenvalue weighted by Crippen LogP contribution is 2.04. The van der Waals surface area contributed by atoms with Crippen LogP contribution >= 0.6 is 0 Å². The molecule has 5 heteroatoms. The van der Waals surface area contributed by atoms with Crippen molar-refractivity contribution in [3.63, 3.8) is 0 Å². The molecule has 1 rings (SSSR count). The number of primary sulfonamides is 1. The maximum absolute atomic E-state index is 11.3. The van der Waals surface area contributed by atoms with Gasteiger partial charge < -0.3 is 0 Å². The Morgan fingerprint density at radius 3 is 2.27 bits per heavy atom. The molecule has 4 nitrogen and oxygen atoms in total. The van der Waals surface area contributed by atoms with Gasteiger partial charge in [-0.05, 0) is 12.5 Å². The topological polar surface area (TPSA) is 77.2 Å². The Kier molecular flexibility index (Phi) is 3.60. The van der Waals surface area contributed by atoms with Gasteiger partial charge in [0.2, 0.25) is 10.0 Å². The van der Waals surface area contributed by atoms with Crippen LogP contribution in [0.3, 0.4) is 0 Å². The molecule has 0 bridgehead atoms. The molecule has 0 aliphatic rings. The van der Waals surface area contributed by atoms with Gasteiger partial charge >= 0.3 is 0 Å². The van der Waals surface area contributed by atoms with Crippen LogP contribution in [0.2, 0.25) is 0 Å². The van der Waals surface area contributed by atoms with Crippen LogP contribution in [0.25, 0.3) is 0 Å². The van der Waals surface area contributed by atoms with Crippen molar-refractivity contribution in [1.29, 1.82) is 0 Å². The molecule has 82 valence electrons. The molecular weight excluding hydrogens is 214 g/mol. The second kappa shape index (κ2) is 4.55. The lowest BCUT2D eigenvalue weighted by Crippen LogP contribution is -2.24. The van der Waals surface area contributed by atoms with Gasteiger partial charge in [0.25, 0.3) is 0 Å². The lowest BCUT2D eigenvalue weighted by molar-refractivity contribution is -0.116. The first kappa shape index (κ1) is 11.9. The Labute approximate surface area is 89.2 Å². The van der Waals surface area contributed by atoms with Crippen molar-refractivity contribution < 1.29 is 13.2 Å². The first-order chi connectivity index (χ1) is 6.87. The van der Waals surface area contributed by atoms with Crippen LogP contribution in [0.5, 0.6) is 0 Å². The van der Waals surface area contributed by atoms with Crippen LogP contribution in [0.1, 0.15) is 11.1 Å². The highest BCUT2D eigenvalue weighted by Gasteiger charge is 2.11. The SMILES string of the molecule is Cc1ccc(CC(=O)CS(N)(=O)=O)cc1. The minimum Gasteiger partial charge on any atom is -0.298 e. The van der Waals surface area contributed by atoms with Gasteiger partial charge in [0.1, 0.15) is 5.75 Å². The molecule has 0 amide bonds. The maximum atomic E-state index is 11.3. The molecule has 2 N–H and O–H groups in total. The molecule has 0 aliphatic carbocycles. The molecule has 0 radical (unpaired) electrons. The van der Waals surface area contributed by atoms with Crippen molar-refractivity contribution in [2.75, 3.05) is 5.75 Å². The van der Waals surface area contributed by atoms with E-state index in [4.69, 9.17) is 5.14 Å². The number of hydrogen-bond acceptors (Lipinski definition) is 3. The third kappa shape index (κ3) is 4.71. The average Bonchev–Trinajstić information content (AvgIpc) is 2.05. The van der Waals surface area contributed by atoms with Crippen molar-refractivity contribution in [3.8, 4) is 0 Å². The summed E-state index contributed by atoms with van der Waals surface area (Å²) >= 11 is 0. The number of Topliss-reactive ketones (excluding diaryl/α,β-unsaturated/α-hetero) is 1. The Bertz CT molecular complexity index is 448. The maximum Gasteiger partial charge on any atom is 0.216 e. The lowest BCUT2D eigenvalue weighted by Gasteiger charge is -2.00. The zero-order chi connectivity index (χ0) is 11.5. The summed E-state index contributed by atoms with van der Waals surface area (Å²) in [4.78, 5) is 11.3. The van der Waals surface area contributed by atoms with Crippen molar-refractivity contribution >= 4 is 15.8 Å². The third-order valence-electron chi connectivity index (χ3n) is 1.88. The summed E-state index contributed by atoms with van der Waals surface area (Å²) in [7, 11) is -3.70. The molecule has 15 heavy (non-hydrogen) atoms. The summed E-state index contributed by atoms with van der Waals surface area (Å²) < 4.78 is 21.3. The molecule has 0 unspecified atom stereocenters. The summed E-state index contributed by atoms with van der Waals surface area (Å²) in [6.07, 6.45) is 0.108. The van der Waals surface area contributed by atoms with Gasteiger partial charge in [-0.1, -0.05) is 29.8 Å². The van der Waals surface area contributed by atoms with Crippen molar-refractivity contribution in [2.45, 2.75) is 13.3 Å². The van der Waals surface area contributed by atoms with Crippen LogP contribution in [0.4, 0.5) is 0 Å². The third-order valence-corrected chi connectivity index (χ3v) is 2.61. The van der Waals surface area contributed by atoms with Crippen LogP contribution in [-0.2, 0) is 21.2 Å². The second-order valence-electron chi connectivity index (χ2n) is 3.51. The Balaban J connectivity index is 2.63. The number of hydrogen-bond donors (Lipinski definition) is 1. The van der Waals surface area contributed by atoms with E-state index >= 15 is 0 Å². The number of benzene rings is 1. The van der Waals surface area contributed by atoms with E-state index in [9.17, 15) is 13.2 Å². The summed E-state index contributed by atoms with van der Waals surface area (Å²) in [6, 6.07) is 7.35. The summed E-state index contributed by atoms with van der Waals surface area (Å²) in [5, 5.41) is 4.77. The first-order valence-electron chi connectivity index (χ1n) is 4.44. The highest BCUT2D eigenvalue weighted by atomic mass is 32.2. The normalized spacial score (nSPS) is 11.3. The van der Waals surface area contributed by atoms with E-state index in [1.807, 2.05) is 19.1 Å². The minimum atomic E-state index is -3.70. The quantitative estimate of drug-likeness (QED) is 0.808. The van der Waals surface area contributed by atoms with Crippen LogP contribution in [-0.4, -0.2) is 20.0 Å². The summed E-state index contributed by atoms with van der Waals surface area (Å²) in [6.45, 7) is 1.94. The van der Waals surface area contributed by atoms with Crippen LogP contribution in [0.15, 0.2) is 24.3 Å². The standard InChI is InChI=1S/C10H13NO3S/c1-8-2-4-9(5-3-8)6-10(12)7-15(11,13)14/h2-5H,6-7H2,1H3,(H2,11,13,14). The molecule has 1 aromatic carbocycles. The van der Waals surface area contributed by atoms with E-state index in [0.717, 1.165) is 11.1 Å². The van der Waals surface area contributed by atoms with E-state index in [2.05, 4.69) is 0 Å². The number of rotatable bonds is 4. The molecule has 0 atom stereocenters. The summed E-state index contributed by atoms with van der Waals surface area (Å²) in [5.41, 5.74) is 1.90. The van der Waals surface area contributed by atoms with Crippen LogP contribution in [0, 0.1) is 6.92 Å². The lowest BCUT2D eigenvalue weighted by atomic mass is 10.1. The fourth-order valence-corrected chi connectivity index (χ4v) is 1.76. The minimum absolute atomic E-state index is 0.108. The van der Waals surface area contributed by atoms with E-state index in [1.165, 1.54) is 0 Å². The predicted octanol–water partition coefficient (Wildman–Crippen LogP) is 0.395. The zero-order valence-electron chi connectivity index (χ0n) is 8.43. The van der Waals surface area contributed by atoms with E-state index in [0.29, 0.717) is 0 Å². The number of sulfonamides is 1. The number of aryl methyl sites for hydroxylation is 1. The molecule has 0 spiro atoms. The molecule has 0 aliphatic heterocycles. The Morgan fingerprint density at radius 2 is 1.80 bits per heavy atom. The van der Waals surface area contributed by atoms with E-state index in [-0.39, 0.29) is 12.2 Å². The van der Waals surface area contributed by atoms with Gasteiger partial charge in [0, 0.05) is 6.42 Å². The van der Waals surface area contributed by atoms with Gasteiger partial charge in [-0.2, -0.15) is 0 Å². The molecule has 0 saturated heterocycles. The molecule has 0 aromatic heterocycles. The Hall–Kier alpha value is -1.20. The molecule has 0 heterocycles. The number of ketones is 1. The molecule has 1 aromatic rings. The number of nitrogens with two attached hydrogens (primary N) is 1. The van der Waals surface area contributed by atoms with Crippen molar-refractivity contribution in [3.05, 3.63) is 35.4 Å². The van der Waals surface area contributed by atoms with E-state index in [1.54, 1.807) is 12.1 Å². The van der Waals surface area contributed by atoms with Gasteiger partial charge in [-0.25, -0.2) is 13.6 Å².